The monoisotopic (exact) mass is 276 g/mol. The summed E-state index contributed by atoms with van der Waals surface area (Å²) >= 11 is 0. The van der Waals surface area contributed by atoms with Gasteiger partial charge >= 0.3 is 23.8 Å². The fourth-order valence-electron chi connectivity index (χ4n) is 2.02. The summed E-state index contributed by atoms with van der Waals surface area (Å²) in [5.41, 5.74) is 0.680. The minimum absolute atomic E-state index is 0.435. The highest BCUT2D eigenvalue weighted by Crippen LogP contribution is 2.25. The number of carbonyl (C=O) groups excluding carboxylic acids is 3. The molecule has 0 aliphatic carbocycles. The largest absolute Gasteiger partial charge is 0.480 e. The lowest BCUT2D eigenvalue weighted by atomic mass is 10.1. The van der Waals surface area contributed by atoms with Crippen molar-refractivity contribution in [2.75, 3.05) is 6.54 Å². The molecule has 2 rings (SSSR count). The molecule has 1 aliphatic heterocycles. The Balaban J connectivity index is 2.29. The number of carboxylic acid groups (broad SMARTS) is 1. The Morgan fingerprint density at radius 3 is 2.30 bits per heavy atom. The molecule has 1 N–H and O–H groups in total. The first-order valence-electron chi connectivity index (χ1n) is 5.89. The van der Waals surface area contributed by atoms with Gasteiger partial charge in [-0.25, -0.2) is 14.6 Å². The van der Waals surface area contributed by atoms with Gasteiger partial charge in [0.1, 0.15) is 6.54 Å². The van der Waals surface area contributed by atoms with Gasteiger partial charge in [0.05, 0.1) is 6.04 Å². The highest BCUT2D eigenvalue weighted by molar-refractivity contribution is 6.45. The van der Waals surface area contributed by atoms with Crippen LogP contribution >= 0.6 is 0 Å². The normalized spacial score (nSPS) is 16.8. The average Bonchev–Trinajstić information content (AvgIpc) is 2.63. The molecule has 7 nitrogen and oxygen atoms in total. The van der Waals surface area contributed by atoms with Crippen LogP contribution < -0.4 is 0 Å². The number of carbonyl (C=O) groups is 4. The summed E-state index contributed by atoms with van der Waals surface area (Å²) < 4.78 is 0. The Morgan fingerprint density at radius 1 is 1.15 bits per heavy atom. The maximum atomic E-state index is 12.0. The summed E-state index contributed by atoms with van der Waals surface area (Å²) in [6.07, 6.45) is 0. The van der Waals surface area contributed by atoms with Crippen molar-refractivity contribution in [1.82, 2.24) is 9.80 Å². The van der Waals surface area contributed by atoms with Crippen molar-refractivity contribution in [3.63, 3.8) is 0 Å². The second kappa shape index (κ2) is 5.12. The van der Waals surface area contributed by atoms with Crippen LogP contribution in [0.5, 0.6) is 0 Å². The first-order chi connectivity index (χ1) is 9.43. The summed E-state index contributed by atoms with van der Waals surface area (Å²) in [6, 6.07) is 7.16. The molecular weight excluding hydrogens is 264 g/mol. The van der Waals surface area contributed by atoms with Crippen LogP contribution in [0, 0.1) is 0 Å². The van der Waals surface area contributed by atoms with Crippen LogP contribution in [0.3, 0.4) is 0 Å². The first kappa shape index (κ1) is 13.7. The van der Waals surface area contributed by atoms with E-state index in [0.717, 1.165) is 4.90 Å². The SMILES string of the molecule is C[C@@H](c1ccccc1)N1C(=O)C(=O)N(CC(=O)O)C1=O. The summed E-state index contributed by atoms with van der Waals surface area (Å²) in [5, 5.41) is 8.66. The van der Waals surface area contributed by atoms with Crippen molar-refractivity contribution >= 4 is 23.8 Å². The summed E-state index contributed by atoms with van der Waals surface area (Å²) in [6.45, 7) is 0.782. The zero-order chi connectivity index (χ0) is 14.9. The molecule has 0 spiro atoms. The van der Waals surface area contributed by atoms with E-state index in [-0.39, 0.29) is 0 Å². The van der Waals surface area contributed by atoms with Crippen molar-refractivity contribution in [1.29, 1.82) is 0 Å². The van der Waals surface area contributed by atoms with Gasteiger partial charge < -0.3 is 5.11 Å². The third kappa shape index (κ3) is 2.25. The Labute approximate surface area is 114 Å². The molecule has 1 aliphatic rings. The predicted octanol–water partition coefficient (Wildman–Crippen LogP) is 0.623. The number of imide groups is 2. The van der Waals surface area contributed by atoms with Crippen molar-refractivity contribution in [3.8, 4) is 0 Å². The van der Waals surface area contributed by atoms with Crippen molar-refractivity contribution in [2.45, 2.75) is 13.0 Å². The van der Waals surface area contributed by atoms with E-state index in [0.29, 0.717) is 10.5 Å². The van der Waals surface area contributed by atoms with E-state index in [2.05, 4.69) is 0 Å². The summed E-state index contributed by atoms with van der Waals surface area (Å²) in [7, 11) is 0. The summed E-state index contributed by atoms with van der Waals surface area (Å²) in [4.78, 5) is 47.4. The molecule has 0 unspecified atom stereocenters. The van der Waals surface area contributed by atoms with Gasteiger partial charge in [0, 0.05) is 0 Å². The molecular formula is C13H12N2O5. The van der Waals surface area contributed by atoms with Crippen molar-refractivity contribution in [2.24, 2.45) is 0 Å². The highest BCUT2D eigenvalue weighted by Gasteiger charge is 2.47. The molecule has 1 atom stereocenters. The van der Waals surface area contributed by atoms with Crippen LogP contribution in [0.15, 0.2) is 30.3 Å². The smallest absolute Gasteiger partial charge is 0.335 e. The number of benzene rings is 1. The topological polar surface area (TPSA) is 95.0 Å². The zero-order valence-corrected chi connectivity index (χ0v) is 10.6. The third-order valence-electron chi connectivity index (χ3n) is 3.05. The number of amides is 4. The minimum atomic E-state index is -1.35. The molecule has 1 aromatic rings. The number of carboxylic acids is 1. The molecule has 1 heterocycles. The number of hydrogen-bond acceptors (Lipinski definition) is 4. The molecule has 20 heavy (non-hydrogen) atoms. The molecule has 1 fully saturated rings. The maximum absolute atomic E-state index is 12.0. The Morgan fingerprint density at radius 2 is 1.75 bits per heavy atom. The zero-order valence-electron chi connectivity index (χ0n) is 10.6. The second-order valence-electron chi connectivity index (χ2n) is 4.33. The Kier molecular flexibility index (Phi) is 3.51. The van der Waals surface area contributed by atoms with E-state index in [1.54, 1.807) is 37.3 Å². The third-order valence-corrected chi connectivity index (χ3v) is 3.05. The van der Waals surface area contributed by atoms with E-state index in [4.69, 9.17) is 5.11 Å². The van der Waals surface area contributed by atoms with Crippen LogP contribution in [-0.4, -0.2) is 45.3 Å². The molecule has 1 saturated heterocycles. The summed E-state index contributed by atoms with van der Waals surface area (Å²) in [5.74, 6) is -3.47. The van der Waals surface area contributed by atoms with Gasteiger partial charge in [0.15, 0.2) is 0 Å². The molecule has 0 saturated carbocycles. The van der Waals surface area contributed by atoms with Crippen molar-refractivity contribution in [3.05, 3.63) is 35.9 Å². The van der Waals surface area contributed by atoms with Gasteiger partial charge in [0.2, 0.25) is 0 Å². The standard InChI is InChI=1S/C13H12N2O5/c1-8(9-5-3-2-4-6-9)15-12(19)11(18)14(13(15)20)7-10(16)17/h2-6,8H,7H2,1H3,(H,16,17)/t8-/m0/s1. The van der Waals surface area contributed by atoms with Crippen LogP contribution in [0.25, 0.3) is 0 Å². The number of nitrogens with zero attached hydrogens (tertiary/aromatic N) is 2. The molecule has 104 valence electrons. The van der Waals surface area contributed by atoms with E-state index in [1.165, 1.54) is 0 Å². The first-order valence-corrected chi connectivity index (χ1v) is 5.89. The van der Waals surface area contributed by atoms with Crippen molar-refractivity contribution < 1.29 is 24.3 Å². The van der Waals surface area contributed by atoms with Gasteiger partial charge in [-0.1, -0.05) is 30.3 Å². The fourth-order valence-corrected chi connectivity index (χ4v) is 2.02. The number of hydrogen-bond donors (Lipinski definition) is 1. The van der Waals surface area contributed by atoms with Gasteiger partial charge in [-0.2, -0.15) is 0 Å². The molecule has 4 amide bonds. The molecule has 7 heteroatoms. The molecule has 0 bridgehead atoms. The molecule has 1 aromatic carbocycles. The predicted molar refractivity (Wildman–Crippen MR) is 66.4 cm³/mol. The lowest BCUT2D eigenvalue weighted by Crippen LogP contribution is -2.37. The van der Waals surface area contributed by atoms with E-state index in [9.17, 15) is 19.2 Å². The fraction of sp³-hybridized carbons (Fsp3) is 0.231. The lowest BCUT2D eigenvalue weighted by Gasteiger charge is -2.21. The van der Waals surface area contributed by atoms with E-state index < -0.39 is 36.4 Å². The van der Waals surface area contributed by atoms with Crippen LogP contribution in [0.4, 0.5) is 4.79 Å². The quantitative estimate of drug-likeness (QED) is 0.642. The van der Waals surface area contributed by atoms with Crippen LogP contribution in [0.2, 0.25) is 0 Å². The highest BCUT2D eigenvalue weighted by atomic mass is 16.4. The average molecular weight is 276 g/mol. The second-order valence-corrected chi connectivity index (χ2v) is 4.33. The van der Waals surface area contributed by atoms with E-state index in [1.807, 2.05) is 0 Å². The number of rotatable bonds is 4. The maximum Gasteiger partial charge on any atom is 0.335 e. The van der Waals surface area contributed by atoms with Crippen LogP contribution in [-0.2, 0) is 14.4 Å². The van der Waals surface area contributed by atoms with E-state index >= 15 is 0 Å². The lowest BCUT2D eigenvalue weighted by molar-refractivity contribution is -0.146. The number of aliphatic carboxylic acids is 1. The van der Waals surface area contributed by atoms with Gasteiger partial charge in [0.25, 0.3) is 0 Å². The minimum Gasteiger partial charge on any atom is -0.480 e. The van der Waals surface area contributed by atoms with Crippen LogP contribution in [0.1, 0.15) is 18.5 Å². The van der Waals surface area contributed by atoms with Gasteiger partial charge in [-0.3, -0.25) is 14.4 Å². The van der Waals surface area contributed by atoms with Gasteiger partial charge in [-0.15, -0.1) is 0 Å². The van der Waals surface area contributed by atoms with Gasteiger partial charge in [-0.05, 0) is 12.5 Å². The number of urea groups is 1. The Hall–Kier alpha value is -2.70. The molecule has 0 aromatic heterocycles. The Bertz CT molecular complexity index is 584. The molecule has 0 radical (unpaired) electrons.